The van der Waals surface area contributed by atoms with E-state index >= 15 is 0 Å². The summed E-state index contributed by atoms with van der Waals surface area (Å²) in [7, 11) is 0. The number of amides is 1. The second-order valence-electron chi connectivity index (χ2n) is 7.56. The monoisotopic (exact) mass is 447 g/mol. The van der Waals surface area contributed by atoms with E-state index in [0.29, 0.717) is 27.3 Å². The summed E-state index contributed by atoms with van der Waals surface area (Å²) < 4.78 is 37.7. The van der Waals surface area contributed by atoms with Crippen molar-refractivity contribution in [2.75, 3.05) is 13.1 Å². The molecule has 1 aliphatic heterocycles. The van der Waals surface area contributed by atoms with Crippen molar-refractivity contribution in [1.82, 2.24) is 4.90 Å². The minimum absolute atomic E-state index is 0.00662. The first-order chi connectivity index (χ1) is 14.7. The van der Waals surface area contributed by atoms with Crippen molar-refractivity contribution in [3.8, 4) is 16.9 Å². The molecule has 0 bridgehead atoms. The van der Waals surface area contributed by atoms with Crippen LogP contribution in [0.5, 0.6) is 5.75 Å². The normalized spacial score (nSPS) is 16.8. The molecule has 1 saturated heterocycles. The Morgan fingerprint density at radius 3 is 2.55 bits per heavy atom. The van der Waals surface area contributed by atoms with Gasteiger partial charge in [-0.25, -0.2) is 13.6 Å². The van der Waals surface area contributed by atoms with Gasteiger partial charge in [0.2, 0.25) is 0 Å². The van der Waals surface area contributed by atoms with Gasteiger partial charge < -0.3 is 14.1 Å². The van der Waals surface area contributed by atoms with E-state index in [-0.39, 0.29) is 37.4 Å². The van der Waals surface area contributed by atoms with Crippen LogP contribution in [0.25, 0.3) is 22.1 Å². The molecule has 0 saturated carbocycles. The Kier molecular flexibility index (Phi) is 5.71. The van der Waals surface area contributed by atoms with E-state index < -0.39 is 17.7 Å². The lowest BCUT2D eigenvalue weighted by molar-refractivity contribution is -0.143. The minimum Gasteiger partial charge on any atom is -0.481 e. The largest absolute Gasteiger partial charge is 0.481 e. The van der Waals surface area contributed by atoms with Crippen molar-refractivity contribution in [3.63, 3.8) is 0 Å². The maximum atomic E-state index is 13.3. The van der Waals surface area contributed by atoms with Gasteiger partial charge in [0.1, 0.15) is 11.3 Å². The number of likely N-dealkylation sites (tertiary alicyclic amines) is 1. The van der Waals surface area contributed by atoms with Gasteiger partial charge in [-0.15, -0.1) is 0 Å². The fourth-order valence-electron chi connectivity index (χ4n) is 3.68. The van der Waals surface area contributed by atoms with Gasteiger partial charge in [0.05, 0.1) is 0 Å². The van der Waals surface area contributed by atoms with Gasteiger partial charge in [0.15, 0.2) is 6.10 Å². The SMILES string of the molecule is CC(Oc1ccc2c(-c3ccccc3Cl)cc(=O)oc2c1)C(=O)N1CCC(F)(F)CC1. The van der Waals surface area contributed by atoms with Gasteiger partial charge in [0.25, 0.3) is 11.8 Å². The van der Waals surface area contributed by atoms with Crippen LogP contribution in [0.4, 0.5) is 8.78 Å². The fraction of sp³-hybridized carbons (Fsp3) is 0.304. The zero-order valence-corrected chi connectivity index (χ0v) is 17.5. The van der Waals surface area contributed by atoms with E-state index in [9.17, 15) is 18.4 Å². The number of benzene rings is 2. The Morgan fingerprint density at radius 1 is 1.13 bits per heavy atom. The Morgan fingerprint density at radius 2 is 1.84 bits per heavy atom. The molecule has 0 N–H and O–H groups in total. The van der Waals surface area contributed by atoms with Crippen LogP contribution in [0, 0.1) is 0 Å². The van der Waals surface area contributed by atoms with Crippen molar-refractivity contribution >= 4 is 28.5 Å². The maximum Gasteiger partial charge on any atom is 0.336 e. The van der Waals surface area contributed by atoms with E-state index in [4.69, 9.17) is 20.8 Å². The zero-order chi connectivity index (χ0) is 22.2. The average Bonchev–Trinajstić information content (AvgIpc) is 2.73. The third-order valence-electron chi connectivity index (χ3n) is 5.35. The summed E-state index contributed by atoms with van der Waals surface area (Å²) in [5.74, 6) is -2.76. The number of carbonyl (C=O) groups excluding carboxylic acids is 1. The summed E-state index contributed by atoms with van der Waals surface area (Å²) in [4.78, 5) is 26.1. The molecule has 0 aliphatic carbocycles. The standard InChI is InChI=1S/C23H20ClF2NO4/c1-14(22(29)27-10-8-23(25,26)9-11-27)30-15-6-7-17-18(13-21(28)31-20(17)12-15)16-4-2-3-5-19(16)24/h2-7,12-14H,8-11H2,1H3. The molecule has 1 fully saturated rings. The number of rotatable bonds is 4. The maximum absolute atomic E-state index is 13.3. The summed E-state index contributed by atoms with van der Waals surface area (Å²) in [6.45, 7) is 1.55. The summed E-state index contributed by atoms with van der Waals surface area (Å²) in [5.41, 5.74) is 1.07. The van der Waals surface area contributed by atoms with Crippen molar-refractivity contribution in [3.05, 3.63) is 64.0 Å². The van der Waals surface area contributed by atoms with Crippen LogP contribution in [0.15, 0.2) is 57.7 Å². The van der Waals surface area contributed by atoms with Crippen molar-refractivity contribution in [2.45, 2.75) is 31.8 Å². The number of piperidine rings is 1. The van der Waals surface area contributed by atoms with Gasteiger partial charge in [-0.2, -0.15) is 0 Å². The first-order valence-corrected chi connectivity index (χ1v) is 10.3. The van der Waals surface area contributed by atoms with Gasteiger partial charge in [-0.3, -0.25) is 4.79 Å². The second kappa shape index (κ2) is 8.30. The molecular formula is C23H20ClF2NO4. The van der Waals surface area contributed by atoms with E-state index in [2.05, 4.69) is 0 Å². The molecular weight excluding hydrogens is 428 g/mol. The lowest BCUT2D eigenvalue weighted by Crippen LogP contribution is -2.47. The Balaban J connectivity index is 1.58. The van der Waals surface area contributed by atoms with Crippen LogP contribution in [-0.2, 0) is 4.79 Å². The van der Waals surface area contributed by atoms with Crippen molar-refractivity contribution in [1.29, 1.82) is 0 Å². The number of hydrogen-bond donors (Lipinski definition) is 0. The Hall–Kier alpha value is -2.93. The van der Waals surface area contributed by atoms with Crippen LogP contribution >= 0.6 is 11.6 Å². The quantitative estimate of drug-likeness (QED) is 0.520. The molecule has 8 heteroatoms. The van der Waals surface area contributed by atoms with E-state index in [1.807, 2.05) is 12.1 Å². The Labute approximate surface area is 182 Å². The molecule has 1 unspecified atom stereocenters. The van der Waals surface area contributed by atoms with Crippen LogP contribution in [-0.4, -0.2) is 35.9 Å². The second-order valence-corrected chi connectivity index (χ2v) is 7.97. The third-order valence-corrected chi connectivity index (χ3v) is 5.68. The van der Waals surface area contributed by atoms with Crippen molar-refractivity contribution in [2.24, 2.45) is 0 Å². The van der Waals surface area contributed by atoms with Crippen LogP contribution in [0.2, 0.25) is 5.02 Å². The molecule has 0 spiro atoms. The zero-order valence-electron chi connectivity index (χ0n) is 16.7. The minimum atomic E-state index is -2.73. The van der Waals surface area contributed by atoms with Gasteiger partial charge in [-0.05, 0) is 25.1 Å². The molecule has 1 aliphatic rings. The van der Waals surface area contributed by atoms with Gasteiger partial charge >= 0.3 is 5.63 Å². The number of halogens is 3. The highest BCUT2D eigenvalue weighted by molar-refractivity contribution is 6.33. The summed E-state index contributed by atoms with van der Waals surface area (Å²) in [6.07, 6.45) is -1.57. The molecule has 5 nitrogen and oxygen atoms in total. The van der Waals surface area contributed by atoms with E-state index in [1.54, 1.807) is 31.2 Å². The van der Waals surface area contributed by atoms with E-state index in [0.717, 1.165) is 0 Å². The highest BCUT2D eigenvalue weighted by atomic mass is 35.5. The first-order valence-electron chi connectivity index (χ1n) is 9.90. The summed E-state index contributed by atoms with van der Waals surface area (Å²) >= 11 is 6.29. The number of ether oxygens (including phenoxy) is 1. The predicted octanol–water partition coefficient (Wildman–Crippen LogP) is 5.14. The smallest absolute Gasteiger partial charge is 0.336 e. The highest BCUT2D eigenvalue weighted by Crippen LogP contribution is 2.34. The van der Waals surface area contributed by atoms with Crippen LogP contribution in [0.1, 0.15) is 19.8 Å². The molecule has 3 aromatic rings. The molecule has 1 amide bonds. The number of hydrogen-bond acceptors (Lipinski definition) is 4. The topological polar surface area (TPSA) is 59.8 Å². The van der Waals surface area contributed by atoms with Crippen LogP contribution < -0.4 is 10.4 Å². The number of fused-ring (bicyclic) bond motifs is 1. The number of alkyl halides is 2. The molecule has 31 heavy (non-hydrogen) atoms. The fourth-order valence-corrected chi connectivity index (χ4v) is 3.92. The summed E-state index contributed by atoms with van der Waals surface area (Å²) in [5, 5.41) is 1.17. The lowest BCUT2D eigenvalue weighted by Gasteiger charge is -2.33. The van der Waals surface area contributed by atoms with E-state index in [1.165, 1.54) is 17.0 Å². The molecule has 1 aromatic heterocycles. The number of nitrogens with zero attached hydrogens (tertiary/aromatic N) is 1. The highest BCUT2D eigenvalue weighted by Gasteiger charge is 2.36. The first kappa shape index (κ1) is 21.3. The molecule has 2 heterocycles. The lowest BCUT2D eigenvalue weighted by atomic mass is 10.0. The molecule has 4 rings (SSSR count). The van der Waals surface area contributed by atoms with Gasteiger partial charge in [-0.1, -0.05) is 29.8 Å². The molecule has 0 radical (unpaired) electrons. The molecule has 162 valence electrons. The van der Waals surface area contributed by atoms with Gasteiger partial charge in [0, 0.05) is 59.6 Å². The predicted molar refractivity (Wildman–Crippen MR) is 114 cm³/mol. The van der Waals surface area contributed by atoms with Crippen molar-refractivity contribution < 1.29 is 22.7 Å². The average molecular weight is 448 g/mol. The summed E-state index contributed by atoms with van der Waals surface area (Å²) in [6, 6.07) is 13.5. The van der Waals surface area contributed by atoms with Crippen LogP contribution in [0.3, 0.4) is 0 Å². The third kappa shape index (κ3) is 4.56. The number of carbonyl (C=O) groups is 1. The molecule has 1 atom stereocenters. The Bertz CT molecular complexity index is 1180. The molecule has 2 aromatic carbocycles.